The fraction of sp³-hybridized carbons (Fsp3) is 0.463. The number of amides is 5. The van der Waals surface area contributed by atoms with E-state index in [9.17, 15) is 32.4 Å². The lowest BCUT2D eigenvalue weighted by atomic mass is 9.94. The third kappa shape index (κ3) is 7.48. The van der Waals surface area contributed by atoms with E-state index in [0.717, 1.165) is 16.3 Å². The molecule has 7 rings (SSSR count). The first-order valence-electron chi connectivity index (χ1n) is 19.3. The van der Waals surface area contributed by atoms with Crippen LogP contribution < -0.4 is 20.9 Å². The van der Waals surface area contributed by atoms with E-state index in [0.29, 0.717) is 49.8 Å². The molecule has 1 unspecified atom stereocenters. The van der Waals surface area contributed by atoms with E-state index in [2.05, 4.69) is 27.0 Å². The average molecular weight is 784 g/mol. The lowest BCUT2D eigenvalue weighted by molar-refractivity contribution is -0.141. The molecule has 3 N–H and O–H groups in total. The van der Waals surface area contributed by atoms with Crippen molar-refractivity contribution in [1.29, 1.82) is 0 Å². The van der Waals surface area contributed by atoms with Gasteiger partial charge in [0, 0.05) is 43.6 Å². The highest BCUT2D eigenvalue weighted by molar-refractivity contribution is 7.91. The second kappa shape index (κ2) is 15.3. The molecule has 1 aromatic heterocycles. The molecule has 0 spiro atoms. The number of urea groups is 1. The highest BCUT2D eigenvalue weighted by Gasteiger charge is 2.62. The number of benzene rings is 2. The number of fused-ring (bicyclic) bond motifs is 6. The van der Waals surface area contributed by atoms with Crippen molar-refractivity contribution in [2.24, 2.45) is 11.8 Å². The summed E-state index contributed by atoms with van der Waals surface area (Å²) in [5.41, 5.74) is 0.192. The van der Waals surface area contributed by atoms with Gasteiger partial charge in [-0.1, -0.05) is 74.5 Å². The van der Waals surface area contributed by atoms with Crippen LogP contribution in [0.25, 0.3) is 21.9 Å². The van der Waals surface area contributed by atoms with Crippen molar-refractivity contribution in [3.05, 3.63) is 89.4 Å². The predicted octanol–water partition coefficient (Wildman–Crippen LogP) is 3.43. The minimum atomic E-state index is -3.92. The van der Waals surface area contributed by atoms with E-state index in [1.165, 1.54) is 20.6 Å². The zero-order valence-electron chi connectivity index (χ0n) is 31.9. The minimum absolute atomic E-state index is 0.0209. The van der Waals surface area contributed by atoms with Gasteiger partial charge in [0.25, 0.3) is 11.5 Å². The van der Waals surface area contributed by atoms with Crippen LogP contribution in [-0.4, -0.2) is 94.8 Å². The number of rotatable bonds is 8. The van der Waals surface area contributed by atoms with Gasteiger partial charge >= 0.3 is 6.03 Å². The molecule has 15 heteroatoms. The van der Waals surface area contributed by atoms with Crippen LogP contribution in [0.4, 0.5) is 4.79 Å². The molecule has 5 amide bonds. The van der Waals surface area contributed by atoms with Gasteiger partial charge in [-0.05, 0) is 60.8 Å². The molecule has 4 bridgehead atoms. The summed E-state index contributed by atoms with van der Waals surface area (Å²) in [7, 11) is -2.27. The standard InChI is InChI=1S/C41H49N7O7S/c1-5-27-22-41(27,39(52)45-56(54,55)29-18-19-29)44-36(49)34-21-28-24-47(34)38(51)35(25(2)3)43-40(53)46(4)20-11-7-6-8-16-32-33(23-42-48(28)37(32)50)31-17-12-14-26-13-9-10-15-30(26)31/h5-7,9-10,12-15,17,23,25,27-29,34-35H,1,8,11,16,18-22,24H2,2-4H3,(H,43,53)(H,44,49)(H,45,52)/b7-6+/t27-,28?,34+,35+,41-/m1/s1. The molecule has 3 aromatic rings. The SMILES string of the molecule is C=C[C@@H]1C[C@]1(NC(=O)[C@@H]1CC2CN1C(=O)[C@H](C(C)C)NC(=O)N(C)CC/C=C/CCc1c(-c3cccc4ccccc34)cnn2c1=O)C(=O)NS(=O)(=O)C1CC1. The molecule has 3 fully saturated rings. The maximum absolute atomic E-state index is 14.6. The monoisotopic (exact) mass is 783 g/mol. The van der Waals surface area contributed by atoms with Crippen molar-refractivity contribution < 1.29 is 27.6 Å². The second-order valence-electron chi connectivity index (χ2n) is 15.8. The molecule has 2 aromatic carbocycles. The number of hydrogen-bond donors (Lipinski definition) is 3. The summed E-state index contributed by atoms with van der Waals surface area (Å²) in [6.45, 7) is 7.67. The molecule has 4 aliphatic rings. The first-order valence-corrected chi connectivity index (χ1v) is 20.9. The van der Waals surface area contributed by atoms with Crippen LogP contribution in [0.1, 0.15) is 64.0 Å². The van der Waals surface area contributed by atoms with E-state index in [-0.39, 0.29) is 30.9 Å². The zero-order chi connectivity index (χ0) is 39.9. The Bertz CT molecular complexity index is 2280. The second-order valence-corrected chi connectivity index (χ2v) is 17.7. The van der Waals surface area contributed by atoms with Crippen LogP contribution in [0, 0.1) is 11.8 Å². The van der Waals surface area contributed by atoms with Gasteiger partial charge in [-0.2, -0.15) is 5.10 Å². The quantitative estimate of drug-likeness (QED) is 0.291. The van der Waals surface area contributed by atoms with Crippen molar-refractivity contribution in [2.75, 3.05) is 20.1 Å². The van der Waals surface area contributed by atoms with Gasteiger partial charge in [0.2, 0.25) is 21.8 Å². The van der Waals surface area contributed by atoms with Crippen LogP contribution in [0.15, 0.2) is 78.3 Å². The van der Waals surface area contributed by atoms with Gasteiger partial charge in [-0.25, -0.2) is 17.9 Å². The first-order chi connectivity index (χ1) is 26.8. The number of sulfonamides is 1. The lowest BCUT2D eigenvalue weighted by Crippen LogP contribution is -2.59. The highest BCUT2D eigenvalue weighted by atomic mass is 32.2. The zero-order valence-corrected chi connectivity index (χ0v) is 32.8. The molecule has 3 heterocycles. The van der Waals surface area contributed by atoms with Crippen LogP contribution in [0.5, 0.6) is 0 Å². The van der Waals surface area contributed by atoms with Crippen molar-refractivity contribution in [3.63, 3.8) is 0 Å². The minimum Gasteiger partial charge on any atom is -0.339 e. The van der Waals surface area contributed by atoms with Crippen LogP contribution in [0.3, 0.4) is 0 Å². The number of carbonyl (C=O) groups excluding carboxylic acids is 4. The molecular formula is C41H49N7O7S. The molecule has 2 aliphatic carbocycles. The molecule has 5 atom stereocenters. The lowest BCUT2D eigenvalue weighted by Gasteiger charge is -2.32. The van der Waals surface area contributed by atoms with Gasteiger partial charge in [0.05, 0.1) is 17.5 Å². The first kappa shape index (κ1) is 38.9. The van der Waals surface area contributed by atoms with Crippen LogP contribution >= 0.6 is 0 Å². The molecule has 296 valence electrons. The summed E-state index contributed by atoms with van der Waals surface area (Å²) in [4.78, 5) is 73.4. The molecular weight excluding hydrogens is 735 g/mol. The Labute approximate surface area is 326 Å². The third-order valence-corrected chi connectivity index (χ3v) is 13.4. The van der Waals surface area contributed by atoms with Crippen molar-refractivity contribution in [1.82, 2.24) is 34.9 Å². The predicted molar refractivity (Wildman–Crippen MR) is 212 cm³/mol. The van der Waals surface area contributed by atoms with Gasteiger partial charge in [0.15, 0.2) is 0 Å². The fourth-order valence-corrected chi connectivity index (χ4v) is 9.33. The molecule has 2 aliphatic heterocycles. The van der Waals surface area contributed by atoms with E-state index >= 15 is 0 Å². The van der Waals surface area contributed by atoms with E-state index in [1.54, 1.807) is 27.1 Å². The molecule has 2 saturated carbocycles. The third-order valence-electron chi connectivity index (χ3n) is 11.6. The number of allylic oxidation sites excluding steroid dienone is 1. The Morgan fingerprint density at radius 3 is 2.48 bits per heavy atom. The highest BCUT2D eigenvalue weighted by Crippen LogP contribution is 2.46. The van der Waals surface area contributed by atoms with E-state index in [1.807, 2.05) is 54.6 Å². The summed E-state index contributed by atoms with van der Waals surface area (Å²) >= 11 is 0. The van der Waals surface area contributed by atoms with Crippen molar-refractivity contribution >= 4 is 44.5 Å². The summed E-state index contributed by atoms with van der Waals surface area (Å²) in [6.07, 6.45) is 9.66. The fourth-order valence-electron chi connectivity index (χ4n) is 7.97. The normalized spacial score (nSPS) is 26.4. The van der Waals surface area contributed by atoms with Gasteiger partial charge in [-0.3, -0.25) is 23.9 Å². The number of carbonyl (C=O) groups is 4. The number of nitrogens with zero attached hydrogens (tertiary/aromatic N) is 4. The molecule has 0 radical (unpaired) electrons. The largest absolute Gasteiger partial charge is 0.339 e. The molecule has 1 saturated heterocycles. The summed E-state index contributed by atoms with van der Waals surface area (Å²) in [5.74, 6) is -2.99. The number of aromatic nitrogens is 2. The maximum Gasteiger partial charge on any atom is 0.317 e. The Hall–Kier alpha value is -5.31. The summed E-state index contributed by atoms with van der Waals surface area (Å²) in [6, 6.07) is 10.5. The number of hydrogen-bond acceptors (Lipinski definition) is 8. The maximum atomic E-state index is 14.6. The number of nitrogens with one attached hydrogen (secondary N) is 3. The molecule has 14 nitrogen and oxygen atoms in total. The topological polar surface area (TPSA) is 180 Å². The van der Waals surface area contributed by atoms with Gasteiger partial charge < -0.3 is 20.4 Å². The summed E-state index contributed by atoms with van der Waals surface area (Å²) in [5, 5.41) is 11.7. The average Bonchev–Trinajstić information content (AvgIpc) is 4.10. The van der Waals surface area contributed by atoms with Gasteiger partial charge in [-0.15, -0.1) is 6.58 Å². The Morgan fingerprint density at radius 1 is 1.04 bits per heavy atom. The van der Waals surface area contributed by atoms with Crippen LogP contribution in [0.2, 0.25) is 0 Å². The Kier molecular flexibility index (Phi) is 10.7. The van der Waals surface area contributed by atoms with E-state index < -0.39 is 68.6 Å². The van der Waals surface area contributed by atoms with Gasteiger partial charge in [0.1, 0.15) is 17.6 Å². The Morgan fingerprint density at radius 2 is 1.77 bits per heavy atom. The Balaban J connectivity index is 1.28. The van der Waals surface area contributed by atoms with Crippen molar-refractivity contribution in [2.45, 2.75) is 87.7 Å². The van der Waals surface area contributed by atoms with Crippen molar-refractivity contribution in [3.8, 4) is 11.1 Å². The summed E-state index contributed by atoms with van der Waals surface area (Å²) < 4.78 is 29.0. The smallest absolute Gasteiger partial charge is 0.317 e. The van der Waals surface area contributed by atoms with E-state index in [4.69, 9.17) is 0 Å². The molecule has 56 heavy (non-hydrogen) atoms. The van der Waals surface area contributed by atoms with Crippen LogP contribution in [-0.2, 0) is 30.8 Å².